The molecule has 3 nitrogen and oxygen atoms in total. The van der Waals surface area contributed by atoms with E-state index < -0.39 is 0 Å². The van der Waals surface area contributed by atoms with Crippen molar-refractivity contribution in [1.82, 2.24) is 5.43 Å². The molecule has 118 valence electrons. The van der Waals surface area contributed by atoms with Crippen molar-refractivity contribution in [3.63, 3.8) is 0 Å². The number of nitrogens with one attached hydrogen (secondary N) is 1. The Morgan fingerprint density at radius 3 is 2.29 bits per heavy atom. The van der Waals surface area contributed by atoms with Gasteiger partial charge in [-0.05, 0) is 58.2 Å². The van der Waals surface area contributed by atoms with Gasteiger partial charge in [-0.15, -0.1) is 0 Å². The predicted molar refractivity (Wildman–Crippen MR) is 88.6 cm³/mol. The van der Waals surface area contributed by atoms with Crippen LogP contribution in [-0.2, 0) is 11.2 Å². The van der Waals surface area contributed by atoms with Gasteiger partial charge in [-0.2, -0.15) is 0 Å². The highest BCUT2D eigenvalue weighted by atomic mass is 35.5. The second kappa shape index (κ2) is 6.05. The topological polar surface area (TPSA) is 47.3 Å². The summed E-state index contributed by atoms with van der Waals surface area (Å²) in [5.74, 6) is 6.10. The third-order valence-electron chi connectivity index (χ3n) is 4.33. The van der Waals surface area contributed by atoms with E-state index in [9.17, 15) is 0 Å². The zero-order valence-electron chi connectivity index (χ0n) is 13.0. The van der Waals surface area contributed by atoms with Gasteiger partial charge in [0, 0.05) is 22.0 Å². The Morgan fingerprint density at radius 2 is 1.86 bits per heavy atom. The zero-order chi connectivity index (χ0) is 15.8. The lowest BCUT2D eigenvalue weighted by molar-refractivity contribution is -0.0776. The molecule has 2 unspecified atom stereocenters. The number of hydrogen-bond acceptors (Lipinski definition) is 3. The molecule has 1 aliphatic heterocycles. The van der Waals surface area contributed by atoms with Crippen LogP contribution in [0.1, 0.15) is 39.7 Å². The van der Waals surface area contributed by atoms with E-state index in [2.05, 4.69) is 33.1 Å². The Labute approximate surface area is 137 Å². The number of hydrogen-bond donors (Lipinski definition) is 2. The van der Waals surface area contributed by atoms with Gasteiger partial charge >= 0.3 is 0 Å². The van der Waals surface area contributed by atoms with Crippen LogP contribution in [0.4, 0.5) is 0 Å². The Kier molecular flexibility index (Phi) is 4.91. The monoisotopic (exact) mass is 330 g/mol. The van der Waals surface area contributed by atoms with Crippen molar-refractivity contribution in [2.24, 2.45) is 11.8 Å². The zero-order valence-corrected chi connectivity index (χ0v) is 14.6. The van der Waals surface area contributed by atoms with Crippen LogP contribution in [0, 0.1) is 5.92 Å². The average molecular weight is 331 g/mol. The Hall–Kier alpha value is -0.320. The minimum atomic E-state index is -0.242. The molecule has 1 fully saturated rings. The van der Waals surface area contributed by atoms with E-state index in [0.29, 0.717) is 16.5 Å². The van der Waals surface area contributed by atoms with Crippen molar-refractivity contribution in [1.29, 1.82) is 0 Å². The smallest absolute Gasteiger partial charge is 0.0678 e. The Morgan fingerprint density at radius 1 is 1.29 bits per heavy atom. The van der Waals surface area contributed by atoms with E-state index in [1.165, 1.54) is 0 Å². The minimum Gasteiger partial charge on any atom is -0.369 e. The molecular weight excluding hydrogens is 307 g/mol. The van der Waals surface area contributed by atoms with Crippen LogP contribution in [0.15, 0.2) is 18.2 Å². The van der Waals surface area contributed by atoms with E-state index >= 15 is 0 Å². The molecule has 1 aromatic carbocycles. The molecule has 0 aromatic heterocycles. The van der Waals surface area contributed by atoms with E-state index in [0.717, 1.165) is 12.0 Å². The van der Waals surface area contributed by atoms with Gasteiger partial charge in [-0.3, -0.25) is 11.3 Å². The molecule has 2 rings (SSSR count). The molecule has 5 heteroatoms. The van der Waals surface area contributed by atoms with Crippen LogP contribution in [0.2, 0.25) is 10.0 Å². The van der Waals surface area contributed by atoms with Crippen molar-refractivity contribution in [3.05, 3.63) is 33.8 Å². The van der Waals surface area contributed by atoms with Gasteiger partial charge in [0.25, 0.3) is 0 Å². The molecule has 0 saturated carbocycles. The number of nitrogens with two attached hydrogens (primary N) is 1. The summed E-state index contributed by atoms with van der Waals surface area (Å²) in [5.41, 5.74) is 3.49. The van der Waals surface area contributed by atoms with Crippen LogP contribution in [0.3, 0.4) is 0 Å². The highest BCUT2D eigenvalue weighted by Gasteiger charge is 2.48. The SMILES string of the molecule is CC1(C)CC(C(Cc2c(Cl)cccc2Cl)NN)C(C)(C)O1. The predicted octanol–water partition coefficient (Wildman–Crippen LogP) is 3.96. The van der Waals surface area contributed by atoms with Crippen LogP contribution in [0.25, 0.3) is 0 Å². The van der Waals surface area contributed by atoms with E-state index in [1.54, 1.807) is 0 Å². The molecule has 0 aliphatic carbocycles. The standard InChI is InChI=1S/C16H24Cl2N2O/c1-15(2)9-11(16(3,4)21-15)14(20-19)8-10-12(17)6-5-7-13(10)18/h5-7,11,14,20H,8-9,19H2,1-4H3. The van der Waals surface area contributed by atoms with E-state index in [1.807, 2.05) is 18.2 Å². The fourth-order valence-electron chi connectivity index (χ4n) is 3.50. The van der Waals surface area contributed by atoms with Gasteiger partial charge < -0.3 is 4.74 Å². The van der Waals surface area contributed by atoms with Gasteiger partial charge in [0.1, 0.15) is 0 Å². The molecule has 1 saturated heterocycles. The highest BCUT2D eigenvalue weighted by molar-refractivity contribution is 6.36. The van der Waals surface area contributed by atoms with Gasteiger partial charge in [0.15, 0.2) is 0 Å². The molecule has 2 atom stereocenters. The maximum absolute atomic E-state index is 6.28. The second-order valence-corrected chi connectivity index (χ2v) is 7.77. The van der Waals surface area contributed by atoms with Crippen molar-refractivity contribution >= 4 is 23.2 Å². The molecule has 0 radical (unpaired) electrons. The third-order valence-corrected chi connectivity index (χ3v) is 5.04. The first-order chi connectivity index (χ1) is 9.66. The molecule has 1 aromatic rings. The van der Waals surface area contributed by atoms with Gasteiger partial charge in [-0.25, -0.2) is 0 Å². The summed E-state index contributed by atoms with van der Waals surface area (Å²) < 4.78 is 6.17. The first-order valence-electron chi connectivity index (χ1n) is 7.25. The molecule has 1 heterocycles. The second-order valence-electron chi connectivity index (χ2n) is 6.95. The van der Waals surface area contributed by atoms with Crippen LogP contribution in [-0.4, -0.2) is 17.2 Å². The van der Waals surface area contributed by atoms with E-state index in [4.69, 9.17) is 33.8 Å². The number of rotatable bonds is 4. The summed E-state index contributed by atoms with van der Waals surface area (Å²) in [6.07, 6.45) is 1.62. The molecule has 21 heavy (non-hydrogen) atoms. The fraction of sp³-hybridized carbons (Fsp3) is 0.625. The lowest BCUT2D eigenvalue weighted by Gasteiger charge is -2.33. The van der Waals surface area contributed by atoms with Gasteiger partial charge in [-0.1, -0.05) is 29.3 Å². The maximum Gasteiger partial charge on any atom is 0.0678 e. The molecule has 0 amide bonds. The quantitative estimate of drug-likeness (QED) is 0.648. The number of hydrazine groups is 1. The van der Waals surface area contributed by atoms with Crippen LogP contribution >= 0.6 is 23.2 Å². The van der Waals surface area contributed by atoms with E-state index in [-0.39, 0.29) is 23.2 Å². The average Bonchev–Trinajstić information content (AvgIpc) is 2.57. The fourth-order valence-corrected chi connectivity index (χ4v) is 4.05. The summed E-state index contributed by atoms with van der Waals surface area (Å²) in [4.78, 5) is 0. The Balaban J connectivity index is 2.25. The van der Waals surface area contributed by atoms with Gasteiger partial charge in [0.2, 0.25) is 0 Å². The van der Waals surface area contributed by atoms with Gasteiger partial charge in [0.05, 0.1) is 11.2 Å². The van der Waals surface area contributed by atoms with Crippen molar-refractivity contribution in [2.75, 3.05) is 0 Å². The number of benzene rings is 1. The highest BCUT2D eigenvalue weighted by Crippen LogP contribution is 2.44. The minimum absolute atomic E-state index is 0.0548. The van der Waals surface area contributed by atoms with Crippen molar-refractivity contribution < 1.29 is 4.74 Å². The summed E-state index contributed by atoms with van der Waals surface area (Å²) in [6, 6.07) is 5.62. The number of ether oxygens (including phenoxy) is 1. The lowest BCUT2D eigenvalue weighted by Crippen LogP contribution is -2.48. The first kappa shape index (κ1) is 17.0. The maximum atomic E-state index is 6.28. The van der Waals surface area contributed by atoms with Crippen molar-refractivity contribution in [2.45, 2.75) is 57.8 Å². The molecule has 3 N–H and O–H groups in total. The molecule has 0 spiro atoms. The summed E-state index contributed by atoms with van der Waals surface area (Å²) in [5, 5.41) is 1.36. The van der Waals surface area contributed by atoms with Crippen LogP contribution < -0.4 is 11.3 Å². The summed E-state index contributed by atoms with van der Waals surface area (Å²) in [7, 11) is 0. The van der Waals surface area contributed by atoms with Crippen LogP contribution in [0.5, 0.6) is 0 Å². The summed E-state index contributed by atoms with van der Waals surface area (Å²) >= 11 is 12.6. The largest absolute Gasteiger partial charge is 0.369 e. The number of halogens is 2. The lowest BCUT2D eigenvalue weighted by atomic mass is 9.79. The first-order valence-corrected chi connectivity index (χ1v) is 8.01. The normalized spacial score (nSPS) is 25.0. The molecular formula is C16H24Cl2N2O. The molecule has 0 bridgehead atoms. The van der Waals surface area contributed by atoms with Crippen molar-refractivity contribution in [3.8, 4) is 0 Å². The third kappa shape index (κ3) is 3.72. The summed E-state index contributed by atoms with van der Waals surface area (Å²) in [6.45, 7) is 8.46. The molecule has 1 aliphatic rings. The Bertz CT molecular complexity index is 497.